The van der Waals surface area contributed by atoms with Crippen molar-refractivity contribution in [2.45, 2.75) is 39.2 Å². The van der Waals surface area contributed by atoms with E-state index in [0.717, 1.165) is 26.1 Å². The molecule has 1 aliphatic rings. The molecule has 4 heteroatoms. The first-order chi connectivity index (χ1) is 8.13. The minimum absolute atomic E-state index is 0.209. The van der Waals surface area contributed by atoms with Crippen LogP contribution >= 0.6 is 0 Å². The Morgan fingerprint density at radius 2 is 2.29 bits per heavy atom. The SMILES string of the molecule is CNCC1CCCN(C(=O)CCOC(C)C)C1. The molecule has 0 aromatic heterocycles. The van der Waals surface area contributed by atoms with E-state index in [0.29, 0.717) is 18.9 Å². The first kappa shape index (κ1) is 14.5. The van der Waals surface area contributed by atoms with E-state index in [9.17, 15) is 4.79 Å². The molecular weight excluding hydrogens is 216 g/mol. The van der Waals surface area contributed by atoms with Gasteiger partial charge in [0.2, 0.25) is 5.91 Å². The summed E-state index contributed by atoms with van der Waals surface area (Å²) in [5.41, 5.74) is 0. The molecule has 0 spiro atoms. The van der Waals surface area contributed by atoms with Crippen molar-refractivity contribution in [3.05, 3.63) is 0 Å². The van der Waals surface area contributed by atoms with E-state index in [2.05, 4.69) is 5.32 Å². The van der Waals surface area contributed by atoms with Gasteiger partial charge in [-0.3, -0.25) is 4.79 Å². The third-order valence-corrected chi connectivity index (χ3v) is 3.13. The number of amides is 1. The van der Waals surface area contributed by atoms with E-state index in [1.165, 1.54) is 6.42 Å². The highest BCUT2D eigenvalue weighted by atomic mass is 16.5. The number of piperidine rings is 1. The lowest BCUT2D eigenvalue weighted by Gasteiger charge is -2.32. The topological polar surface area (TPSA) is 41.6 Å². The largest absolute Gasteiger partial charge is 0.378 e. The van der Waals surface area contributed by atoms with E-state index in [1.807, 2.05) is 25.8 Å². The average Bonchev–Trinajstić information content (AvgIpc) is 2.29. The summed E-state index contributed by atoms with van der Waals surface area (Å²) < 4.78 is 5.42. The molecule has 0 aromatic rings. The van der Waals surface area contributed by atoms with E-state index < -0.39 is 0 Å². The molecule has 1 N–H and O–H groups in total. The molecule has 4 nitrogen and oxygen atoms in total. The zero-order valence-corrected chi connectivity index (χ0v) is 11.4. The maximum atomic E-state index is 12.0. The molecule has 0 saturated carbocycles. The summed E-state index contributed by atoms with van der Waals surface area (Å²) in [7, 11) is 1.97. The smallest absolute Gasteiger partial charge is 0.224 e. The summed E-state index contributed by atoms with van der Waals surface area (Å²) in [5.74, 6) is 0.857. The van der Waals surface area contributed by atoms with Crippen LogP contribution < -0.4 is 5.32 Å². The zero-order valence-electron chi connectivity index (χ0n) is 11.4. The molecule has 0 radical (unpaired) electrons. The second-order valence-corrected chi connectivity index (χ2v) is 5.08. The Bertz CT molecular complexity index is 229. The number of nitrogens with zero attached hydrogens (tertiary/aromatic N) is 1. The van der Waals surface area contributed by atoms with Gasteiger partial charge in [-0.15, -0.1) is 0 Å². The Morgan fingerprint density at radius 3 is 2.94 bits per heavy atom. The zero-order chi connectivity index (χ0) is 12.7. The van der Waals surface area contributed by atoms with Crippen LogP contribution in [0.1, 0.15) is 33.1 Å². The van der Waals surface area contributed by atoms with Gasteiger partial charge < -0.3 is 15.0 Å². The van der Waals surface area contributed by atoms with Crippen LogP contribution in [-0.2, 0) is 9.53 Å². The van der Waals surface area contributed by atoms with Crippen LogP contribution in [0, 0.1) is 5.92 Å². The molecule has 0 bridgehead atoms. The van der Waals surface area contributed by atoms with Gasteiger partial charge in [0.05, 0.1) is 19.1 Å². The molecule has 1 unspecified atom stereocenters. The van der Waals surface area contributed by atoms with Crippen LogP contribution in [0.25, 0.3) is 0 Å². The van der Waals surface area contributed by atoms with Crippen molar-refractivity contribution in [2.24, 2.45) is 5.92 Å². The second kappa shape index (κ2) is 7.67. The van der Waals surface area contributed by atoms with Gasteiger partial charge in [-0.25, -0.2) is 0 Å². The number of rotatable bonds is 6. The first-order valence-corrected chi connectivity index (χ1v) is 6.67. The van der Waals surface area contributed by atoms with Crippen molar-refractivity contribution < 1.29 is 9.53 Å². The molecule has 1 saturated heterocycles. The predicted octanol–water partition coefficient (Wildman–Crippen LogP) is 1.26. The van der Waals surface area contributed by atoms with Crippen LogP contribution in [0.4, 0.5) is 0 Å². The van der Waals surface area contributed by atoms with E-state index in [-0.39, 0.29) is 12.0 Å². The molecule has 0 aromatic carbocycles. The van der Waals surface area contributed by atoms with Crippen LogP contribution in [0.15, 0.2) is 0 Å². The fourth-order valence-electron chi connectivity index (χ4n) is 2.29. The number of hydrogen-bond donors (Lipinski definition) is 1. The van der Waals surface area contributed by atoms with Gasteiger partial charge in [-0.2, -0.15) is 0 Å². The Morgan fingerprint density at radius 1 is 1.53 bits per heavy atom. The van der Waals surface area contributed by atoms with E-state index in [4.69, 9.17) is 4.74 Å². The first-order valence-electron chi connectivity index (χ1n) is 6.67. The Balaban J connectivity index is 2.25. The number of nitrogens with one attached hydrogen (secondary N) is 1. The molecule has 17 heavy (non-hydrogen) atoms. The summed E-state index contributed by atoms with van der Waals surface area (Å²) in [6.07, 6.45) is 3.09. The lowest BCUT2D eigenvalue weighted by Crippen LogP contribution is -2.42. The molecule has 100 valence electrons. The van der Waals surface area contributed by atoms with Crippen LogP contribution in [0.5, 0.6) is 0 Å². The van der Waals surface area contributed by atoms with Gasteiger partial charge >= 0.3 is 0 Å². The van der Waals surface area contributed by atoms with E-state index >= 15 is 0 Å². The van der Waals surface area contributed by atoms with Crippen LogP contribution in [0.3, 0.4) is 0 Å². The fraction of sp³-hybridized carbons (Fsp3) is 0.923. The standard InChI is InChI=1S/C13H26N2O2/c1-11(2)17-8-6-13(16)15-7-4-5-12(10-15)9-14-3/h11-12,14H,4-10H2,1-3H3. The van der Waals surface area contributed by atoms with Gasteiger partial charge in [-0.1, -0.05) is 0 Å². The molecule has 1 aliphatic heterocycles. The molecule has 0 aliphatic carbocycles. The fourth-order valence-corrected chi connectivity index (χ4v) is 2.29. The maximum absolute atomic E-state index is 12.0. The third kappa shape index (κ3) is 5.50. The van der Waals surface area contributed by atoms with Crippen molar-refractivity contribution in [2.75, 3.05) is 33.3 Å². The summed E-state index contributed by atoms with van der Waals surface area (Å²) in [5, 5.41) is 3.19. The Labute approximate surface area is 105 Å². The second-order valence-electron chi connectivity index (χ2n) is 5.08. The van der Waals surface area contributed by atoms with Gasteiger partial charge in [0.25, 0.3) is 0 Å². The van der Waals surface area contributed by atoms with E-state index in [1.54, 1.807) is 0 Å². The number of hydrogen-bond acceptors (Lipinski definition) is 3. The van der Waals surface area contributed by atoms with Crippen molar-refractivity contribution >= 4 is 5.91 Å². The average molecular weight is 242 g/mol. The van der Waals surface area contributed by atoms with Crippen molar-refractivity contribution in [3.63, 3.8) is 0 Å². The van der Waals surface area contributed by atoms with Crippen molar-refractivity contribution in [1.82, 2.24) is 10.2 Å². The van der Waals surface area contributed by atoms with Crippen molar-refractivity contribution in [3.8, 4) is 0 Å². The molecule has 1 heterocycles. The number of carbonyl (C=O) groups excluding carboxylic acids is 1. The number of carbonyl (C=O) groups is 1. The lowest BCUT2D eigenvalue weighted by molar-refractivity contribution is -0.134. The van der Waals surface area contributed by atoms with Gasteiger partial charge in [0, 0.05) is 13.1 Å². The van der Waals surface area contributed by atoms with Crippen LogP contribution in [0.2, 0.25) is 0 Å². The van der Waals surface area contributed by atoms with Gasteiger partial charge in [0.1, 0.15) is 0 Å². The minimum atomic E-state index is 0.209. The highest BCUT2D eigenvalue weighted by molar-refractivity contribution is 5.76. The van der Waals surface area contributed by atoms with Gasteiger partial charge in [0.15, 0.2) is 0 Å². The monoisotopic (exact) mass is 242 g/mol. The lowest BCUT2D eigenvalue weighted by atomic mass is 9.98. The summed E-state index contributed by atoms with van der Waals surface area (Å²) >= 11 is 0. The quantitative estimate of drug-likeness (QED) is 0.762. The third-order valence-electron chi connectivity index (χ3n) is 3.13. The van der Waals surface area contributed by atoms with Crippen LogP contribution in [-0.4, -0.2) is 50.2 Å². The normalized spacial score (nSPS) is 20.9. The summed E-state index contributed by atoms with van der Waals surface area (Å²) in [6.45, 7) is 7.36. The summed E-state index contributed by atoms with van der Waals surface area (Å²) in [4.78, 5) is 14.0. The minimum Gasteiger partial charge on any atom is -0.378 e. The highest BCUT2D eigenvalue weighted by Crippen LogP contribution is 2.16. The maximum Gasteiger partial charge on any atom is 0.224 e. The van der Waals surface area contributed by atoms with Crippen molar-refractivity contribution in [1.29, 1.82) is 0 Å². The number of likely N-dealkylation sites (tertiary alicyclic amines) is 1. The molecule has 1 rings (SSSR count). The Hall–Kier alpha value is -0.610. The Kier molecular flexibility index (Phi) is 6.52. The molecular formula is C13H26N2O2. The molecule has 1 amide bonds. The molecule has 1 atom stereocenters. The summed E-state index contributed by atoms with van der Waals surface area (Å²) in [6, 6.07) is 0. The van der Waals surface area contributed by atoms with Gasteiger partial charge in [-0.05, 0) is 46.2 Å². The number of ether oxygens (including phenoxy) is 1. The predicted molar refractivity (Wildman–Crippen MR) is 68.9 cm³/mol. The molecule has 1 fully saturated rings. The highest BCUT2D eigenvalue weighted by Gasteiger charge is 2.22.